The van der Waals surface area contributed by atoms with Crippen molar-refractivity contribution >= 4 is 11.6 Å². The van der Waals surface area contributed by atoms with Crippen LogP contribution in [0.4, 0.5) is 10.1 Å². The van der Waals surface area contributed by atoms with E-state index in [4.69, 9.17) is 0 Å². The van der Waals surface area contributed by atoms with Gasteiger partial charge in [0, 0.05) is 11.3 Å². The number of anilines is 1. The third kappa shape index (κ3) is 3.65. The topological polar surface area (TPSA) is 29.1 Å². The van der Waals surface area contributed by atoms with Gasteiger partial charge in [-0.2, -0.15) is 0 Å². The number of carbonyl (C=O) groups excluding carboxylic acids is 1. The largest absolute Gasteiger partial charge is 0.322 e. The summed E-state index contributed by atoms with van der Waals surface area (Å²) in [6.07, 6.45) is 2.12. The Kier molecular flexibility index (Phi) is 4.29. The molecule has 2 nitrogen and oxygen atoms in total. The first-order chi connectivity index (χ1) is 9.19. The average molecular weight is 257 g/mol. The Morgan fingerprint density at radius 3 is 2.53 bits per heavy atom. The van der Waals surface area contributed by atoms with Gasteiger partial charge in [-0.1, -0.05) is 31.5 Å². The van der Waals surface area contributed by atoms with Gasteiger partial charge in [-0.15, -0.1) is 0 Å². The summed E-state index contributed by atoms with van der Waals surface area (Å²) in [5, 5.41) is 2.75. The lowest BCUT2D eigenvalue weighted by Crippen LogP contribution is -2.11. The molecule has 0 aliphatic rings. The normalized spacial score (nSPS) is 10.2. The molecule has 0 atom stereocenters. The Bertz CT molecular complexity index is 563. The molecule has 0 fully saturated rings. The fourth-order valence-corrected chi connectivity index (χ4v) is 1.88. The second-order valence-corrected chi connectivity index (χ2v) is 4.41. The summed E-state index contributed by atoms with van der Waals surface area (Å²) in [6, 6.07) is 13.4. The van der Waals surface area contributed by atoms with Crippen molar-refractivity contribution in [2.75, 3.05) is 5.32 Å². The van der Waals surface area contributed by atoms with Gasteiger partial charge in [0.15, 0.2) is 0 Å². The molecule has 19 heavy (non-hydrogen) atoms. The highest BCUT2D eigenvalue weighted by Gasteiger charge is 2.06. The average Bonchev–Trinajstić information content (AvgIpc) is 2.41. The summed E-state index contributed by atoms with van der Waals surface area (Å²) < 4.78 is 13.0. The molecule has 0 aromatic heterocycles. The van der Waals surface area contributed by atoms with E-state index in [1.54, 1.807) is 6.07 Å². The molecule has 0 saturated heterocycles. The van der Waals surface area contributed by atoms with Crippen LogP contribution in [0.25, 0.3) is 0 Å². The Morgan fingerprint density at radius 1 is 1.16 bits per heavy atom. The van der Waals surface area contributed by atoms with Crippen molar-refractivity contribution in [3.8, 4) is 0 Å². The Balaban J connectivity index is 2.06. The van der Waals surface area contributed by atoms with Crippen molar-refractivity contribution in [2.24, 2.45) is 0 Å². The molecular weight excluding hydrogens is 241 g/mol. The number of benzene rings is 2. The zero-order valence-corrected chi connectivity index (χ0v) is 10.8. The van der Waals surface area contributed by atoms with E-state index in [0.717, 1.165) is 12.8 Å². The molecule has 0 unspecified atom stereocenters. The first-order valence-electron chi connectivity index (χ1n) is 6.35. The lowest BCUT2D eigenvalue weighted by atomic mass is 10.1. The molecular formula is C16H16FNO. The van der Waals surface area contributed by atoms with E-state index in [-0.39, 0.29) is 5.91 Å². The number of halogens is 1. The van der Waals surface area contributed by atoms with Gasteiger partial charge in [-0.3, -0.25) is 4.79 Å². The fraction of sp³-hybridized carbons (Fsp3) is 0.188. The third-order valence-corrected chi connectivity index (χ3v) is 2.84. The number of nitrogens with one attached hydrogen (secondary N) is 1. The summed E-state index contributed by atoms with van der Waals surface area (Å²) in [7, 11) is 0. The van der Waals surface area contributed by atoms with Gasteiger partial charge < -0.3 is 5.32 Å². The number of rotatable bonds is 4. The lowest BCUT2D eigenvalue weighted by molar-refractivity contribution is 0.102. The van der Waals surface area contributed by atoms with Crippen LogP contribution in [0.3, 0.4) is 0 Å². The van der Waals surface area contributed by atoms with Crippen LogP contribution in [0.5, 0.6) is 0 Å². The van der Waals surface area contributed by atoms with Crippen molar-refractivity contribution in [2.45, 2.75) is 19.8 Å². The lowest BCUT2D eigenvalue weighted by Gasteiger charge is -2.06. The molecule has 0 bridgehead atoms. The van der Waals surface area contributed by atoms with Crippen molar-refractivity contribution in [3.63, 3.8) is 0 Å². The van der Waals surface area contributed by atoms with Crippen LogP contribution in [0.2, 0.25) is 0 Å². The highest BCUT2D eigenvalue weighted by Crippen LogP contribution is 2.13. The second kappa shape index (κ2) is 6.14. The minimum atomic E-state index is -0.411. The van der Waals surface area contributed by atoms with E-state index in [1.165, 1.54) is 23.8 Å². The van der Waals surface area contributed by atoms with E-state index >= 15 is 0 Å². The van der Waals surface area contributed by atoms with Crippen molar-refractivity contribution in [3.05, 3.63) is 65.5 Å². The van der Waals surface area contributed by atoms with Crippen LogP contribution in [-0.2, 0) is 6.42 Å². The van der Waals surface area contributed by atoms with Gasteiger partial charge in [0.2, 0.25) is 0 Å². The molecule has 2 aromatic rings. The molecule has 0 aliphatic heterocycles. The molecule has 0 aliphatic carbocycles. The van der Waals surface area contributed by atoms with Crippen LogP contribution < -0.4 is 5.32 Å². The number of carbonyl (C=O) groups is 1. The zero-order valence-electron chi connectivity index (χ0n) is 10.8. The molecule has 1 amide bonds. The second-order valence-electron chi connectivity index (χ2n) is 4.41. The maximum atomic E-state index is 13.0. The number of hydrogen-bond donors (Lipinski definition) is 1. The highest BCUT2D eigenvalue weighted by molar-refractivity contribution is 6.04. The first kappa shape index (κ1) is 13.3. The Hall–Kier alpha value is -2.16. The zero-order chi connectivity index (χ0) is 13.7. The van der Waals surface area contributed by atoms with E-state index in [2.05, 4.69) is 12.2 Å². The van der Waals surface area contributed by atoms with Gasteiger partial charge in [0.05, 0.1) is 0 Å². The smallest absolute Gasteiger partial charge is 0.255 e. The van der Waals surface area contributed by atoms with Crippen molar-refractivity contribution in [1.29, 1.82) is 0 Å². The number of hydrogen-bond acceptors (Lipinski definition) is 1. The molecule has 0 heterocycles. The third-order valence-electron chi connectivity index (χ3n) is 2.84. The molecule has 0 spiro atoms. The monoisotopic (exact) mass is 257 g/mol. The van der Waals surface area contributed by atoms with Crippen molar-refractivity contribution < 1.29 is 9.18 Å². The summed E-state index contributed by atoms with van der Waals surface area (Å²) in [6.45, 7) is 2.12. The molecule has 2 rings (SSSR count). The maximum absolute atomic E-state index is 13.0. The predicted octanol–water partition coefficient (Wildman–Crippen LogP) is 4.03. The van der Waals surface area contributed by atoms with Crippen LogP contribution in [0, 0.1) is 5.82 Å². The van der Waals surface area contributed by atoms with Gasteiger partial charge in [0.25, 0.3) is 5.91 Å². The summed E-state index contributed by atoms with van der Waals surface area (Å²) in [5.74, 6) is -0.714. The SMILES string of the molecule is CCCc1ccc(NC(=O)c2cccc(F)c2)cc1. The standard InChI is InChI=1S/C16H16FNO/c1-2-4-12-7-9-15(10-8-12)18-16(19)13-5-3-6-14(17)11-13/h3,5-11H,2,4H2,1H3,(H,18,19). The number of amides is 1. The summed E-state index contributed by atoms with van der Waals surface area (Å²) in [5.41, 5.74) is 2.28. The minimum Gasteiger partial charge on any atom is -0.322 e. The first-order valence-corrected chi connectivity index (χ1v) is 6.35. The molecule has 0 saturated carbocycles. The van der Waals surface area contributed by atoms with Gasteiger partial charge in [0.1, 0.15) is 5.82 Å². The Morgan fingerprint density at radius 2 is 1.89 bits per heavy atom. The van der Waals surface area contributed by atoms with E-state index < -0.39 is 5.82 Å². The number of aryl methyl sites for hydroxylation is 1. The highest BCUT2D eigenvalue weighted by atomic mass is 19.1. The molecule has 3 heteroatoms. The van der Waals surface area contributed by atoms with Gasteiger partial charge >= 0.3 is 0 Å². The van der Waals surface area contributed by atoms with Crippen LogP contribution in [-0.4, -0.2) is 5.91 Å². The molecule has 2 aromatic carbocycles. The van der Waals surface area contributed by atoms with Gasteiger partial charge in [-0.05, 0) is 42.3 Å². The van der Waals surface area contributed by atoms with Crippen LogP contribution in [0.15, 0.2) is 48.5 Å². The van der Waals surface area contributed by atoms with Crippen LogP contribution in [0.1, 0.15) is 29.3 Å². The molecule has 0 radical (unpaired) electrons. The van der Waals surface area contributed by atoms with E-state index in [1.807, 2.05) is 24.3 Å². The van der Waals surface area contributed by atoms with E-state index in [0.29, 0.717) is 11.3 Å². The van der Waals surface area contributed by atoms with Crippen LogP contribution >= 0.6 is 0 Å². The quantitative estimate of drug-likeness (QED) is 0.880. The van der Waals surface area contributed by atoms with Gasteiger partial charge in [-0.25, -0.2) is 4.39 Å². The van der Waals surface area contributed by atoms with E-state index in [9.17, 15) is 9.18 Å². The maximum Gasteiger partial charge on any atom is 0.255 e. The fourth-order valence-electron chi connectivity index (χ4n) is 1.88. The Labute approximate surface area is 112 Å². The summed E-state index contributed by atoms with van der Waals surface area (Å²) in [4.78, 5) is 11.9. The summed E-state index contributed by atoms with van der Waals surface area (Å²) >= 11 is 0. The molecule has 98 valence electrons. The molecule has 1 N–H and O–H groups in total. The van der Waals surface area contributed by atoms with Crippen molar-refractivity contribution in [1.82, 2.24) is 0 Å². The minimum absolute atomic E-state index is 0.303. The predicted molar refractivity (Wildman–Crippen MR) is 74.8 cm³/mol.